The standard InChI is InChI=1S/C12H12N4O4/c17-9(13-6-7-14-12(18)19)11-16-15-10(20-11)8-4-2-1-3-5-8/h1-5,14H,6-7H2,(H,13,17)(H,18,19). The van der Waals surface area contributed by atoms with Gasteiger partial charge in [0.1, 0.15) is 0 Å². The molecule has 0 unspecified atom stereocenters. The third kappa shape index (κ3) is 3.55. The van der Waals surface area contributed by atoms with E-state index >= 15 is 0 Å². The number of hydrogen-bond donors (Lipinski definition) is 3. The van der Waals surface area contributed by atoms with Crippen molar-refractivity contribution >= 4 is 12.0 Å². The second kappa shape index (κ2) is 6.32. The van der Waals surface area contributed by atoms with Crippen LogP contribution in [0.25, 0.3) is 11.5 Å². The van der Waals surface area contributed by atoms with E-state index in [9.17, 15) is 9.59 Å². The minimum Gasteiger partial charge on any atom is -0.465 e. The highest BCUT2D eigenvalue weighted by Gasteiger charge is 2.15. The Morgan fingerprint density at radius 1 is 1.10 bits per heavy atom. The van der Waals surface area contributed by atoms with Crippen LogP contribution in [0, 0.1) is 0 Å². The van der Waals surface area contributed by atoms with Gasteiger partial charge in [-0.25, -0.2) is 4.79 Å². The largest absolute Gasteiger partial charge is 0.465 e. The Labute approximate surface area is 113 Å². The first kappa shape index (κ1) is 13.5. The normalized spacial score (nSPS) is 10.0. The molecule has 3 N–H and O–H groups in total. The lowest BCUT2D eigenvalue weighted by molar-refractivity contribution is 0.0919. The van der Waals surface area contributed by atoms with Gasteiger partial charge in [0.2, 0.25) is 5.89 Å². The lowest BCUT2D eigenvalue weighted by Crippen LogP contribution is -2.34. The minimum atomic E-state index is -1.15. The monoisotopic (exact) mass is 276 g/mol. The third-order valence-electron chi connectivity index (χ3n) is 2.33. The molecule has 0 spiro atoms. The maximum atomic E-state index is 11.7. The second-order valence-electron chi connectivity index (χ2n) is 3.77. The Hall–Kier alpha value is -2.90. The Morgan fingerprint density at radius 3 is 2.50 bits per heavy atom. The molecule has 0 radical (unpaired) electrons. The van der Waals surface area contributed by atoms with Gasteiger partial charge in [-0.1, -0.05) is 18.2 Å². The molecule has 1 aromatic carbocycles. The van der Waals surface area contributed by atoms with E-state index in [4.69, 9.17) is 9.52 Å². The van der Waals surface area contributed by atoms with Gasteiger partial charge in [-0.05, 0) is 12.1 Å². The number of nitrogens with zero attached hydrogens (tertiary/aromatic N) is 2. The number of carbonyl (C=O) groups is 2. The zero-order valence-corrected chi connectivity index (χ0v) is 10.4. The van der Waals surface area contributed by atoms with Crippen molar-refractivity contribution in [2.45, 2.75) is 0 Å². The number of rotatable bonds is 5. The predicted octanol–water partition coefficient (Wildman–Crippen LogP) is 0.734. The highest BCUT2D eigenvalue weighted by atomic mass is 16.4. The Balaban J connectivity index is 1.92. The maximum Gasteiger partial charge on any atom is 0.404 e. The predicted molar refractivity (Wildman–Crippen MR) is 68.1 cm³/mol. The van der Waals surface area contributed by atoms with Crippen molar-refractivity contribution in [1.82, 2.24) is 20.8 Å². The molecule has 104 valence electrons. The summed E-state index contributed by atoms with van der Waals surface area (Å²) < 4.78 is 5.24. The number of aromatic nitrogens is 2. The first-order valence-electron chi connectivity index (χ1n) is 5.81. The molecule has 0 aliphatic heterocycles. The zero-order chi connectivity index (χ0) is 14.4. The van der Waals surface area contributed by atoms with Crippen LogP contribution in [0.3, 0.4) is 0 Å². The molecule has 2 rings (SSSR count). The molecule has 20 heavy (non-hydrogen) atoms. The quantitative estimate of drug-likeness (QED) is 0.693. The van der Waals surface area contributed by atoms with Gasteiger partial charge in [0.25, 0.3) is 0 Å². The molecule has 0 aliphatic carbocycles. The van der Waals surface area contributed by atoms with Crippen LogP contribution < -0.4 is 10.6 Å². The van der Waals surface area contributed by atoms with Gasteiger partial charge in [0, 0.05) is 18.7 Å². The SMILES string of the molecule is O=C(O)NCCNC(=O)c1nnc(-c2ccccc2)o1. The molecule has 8 heteroatoms. The Morgan fingerprint density at radius 2 is 1.80 bits per heavy atom. The van der Waals surface area contributed by atoms with Crippen LogP contribution in [0.2, 0.25) is 0 Å². The van der Waals surface area contributed by atoms with Crippen molar-refractivity contribution in [2.75, 3.05) is 13.1 Å². The molecule has 1 aromatic heterocycles. The number of amides is 2. The van der Waals surface area contributed by atoms with E-state index in [1.54, 1.807) is 12.1 Å². The Kier molecular flexibility index (Phi) is 4.28. The molecule has 8 nitrogen and oxygen atoms in total. The van der Waals surface area contributed by atoms with Crippen molar-refractivity contribution < 1.29 is 19.1 Å². The van der Waals surface area contributed by atoms with Crippen molar-refractivity contribution in [3.63, 3.8) is 0 Å². The van der Waals surface area contributed by atoms with E-state index in [1.165, 1.54) is 0 Å². The number of carboxylic acid groups (broad SMARTS) is 1. The van der Waals surface area contributed by atoms with E-state index in [0.29, 0.717) is 5.56 Å². The number of nitrogens with one attached hydrogen (secondary N) is 2. The number of carbonyl (C=O) groups excluding carboxylic acids is 1. The van der Waals surface area contributed by atoms with Crippen LogP contribution in [0.4, 0.5) is 4.79 Å². The summed E-state index contributed by atoms with van der Waals surface area (Å²) in [5.41, 5.74) is 0.714. The molecule has 0 fully saturated rings. The summed E-state index contributed by atoms with van der Waals surface area (Å²) in [5.74, 6) is -0.467. The fourth-order valence-electron chi connectivity index (χ4n) is 1.43. The van der Waals surface area contributed by atoms with Crippen molar-refractivity contribution in [3.8, 4) is 11.5 Å². The van der Waals surface area contributed by atoms with Crippen LogP contribution >= 0.6 is 0 Å². The number of benzene rings is 1. The summed E-state index contributed by atoms with van der Waals surface area (Å²) in [6, 6.07) is 9.05. The van der Waals surface area contributed by atoms with Gasteiger partial charge >= 0.3 is 17.9 Å². The van der Waals surface area contributed by atoms with Gasteiger partial charge in [0.15, 0.2) is 0 Å². The van der Waals surface area contributed by atoms with Crippen LogP contribution in [-0.2, 0) is 0 Å². The minimum absolute atomic E-state index is 0.0980. The molecule has 2 amide bonds. The van der Waals surface area contributed by atoms with Gasteiger partial charge in [-0.15, -0.1) is 10.2 Å². The smallest absolute Gasteiger partial charge is 0.404 e. The third-order valence-corrected chi connectivity index (χ3v) is 2.33. The van der Waals surface area contributed by atoms with Crippen LogP contribution in [0.1, 0.15) is 10.7 Å². The lowest BCUT2D eigenvalue weighted by Gasteiger charge is -2.01. The van der Waals surface area contributed by atoms with E-state index in [-0.39, 0.29) is 24.9 Å². The zero-order valence-electron chi connectivity index (χ0n) is 10.4. The highest BCUT2D eigenvalue weighted by molar-refractivity contribution is 5.89. The van der Waals surface area contributed by atoms with Gasteiger partial charge in [-0.3, -0.25) is 4.79 Å². The molecule has 0 saturated heterocycles. The summed E-state index contributed by atoms with van der Waals surface area (Å²) in [7, 11) is 0. The highest BCUT2D eigenvalue weighted by Crippen LogP contribution is 2.16. The lowest BCUT2D eigenvalue weighted by atomic mass is 10.2. The molecular formula is C12H12N4O4. The summed E-state index contributed by atoms with van der Waals surface area (Å²) in [4.78, 5) is 21.9. The molecule has 2 aromatic rings. The number of hydrogen-bond acceptors (Lipinski definition) is 5. The summed E-state index contributed by atoms with van der Waals surface area (Å²) >= 11 is 0. The fraction of sp³-hybridized carbons (Fsp3) is 0.167. The molecule has 1 heterocycles. The second-order valence-corrected chi connectivity index (χ2v) is 3.77. The van der Waals surface area contributed by atoms with E-state index in [1.807, 2.05) is 18.2 Å². The summed E-state index contributed by atoms with van der Waals surface area (Å²) in [5, 5.41) is 20.4. The fourth-order valence-corrected chi connectivity index (χ4v) is 1.43. The van der Waals surface area contributed by atoms with Crippen molar-refractivity contribution in [2.24, 2.45) is 0 Å². The van der Waals surface area contributed by atoms with Crippen LogP contribution in [0.5, 0.6) is 0 Å². The van der Waals surface area contributed by atoms with E-state index in [0.717, 1.165) is 0 Å². The first-order chi connectivity index (χ1) is 9.66. The first-order valence-corrected chi connectivity index (χ1v) is 5.81. The van der Waals surface area contributed by atoms with Gasteiger partial charge in [0.05, 0.1) is 0 Å². The van der Waals surface area contributed by atoms with Crippen molar-refractivity contribution in [3.05, 3.63) is 36.2 Å². The molecule has 0 bridgehead atoms. The molecule has 0 aliphatic rings. The van der Waals surface area contributed by atoms with Gasteiger partial charge < -0.3 is 20.2 Å². The maximum absolute atomic E-state index is 11.7. The summed E-state index contributed by atoms with van der Waals surface area (Å²) in [6.07, 6.45) is -1.15. The summed E-state index contributed by atoms with van der Waals surface area (Å²) in [6.45, 7) is 0.231. The molecular weight excluding hydrogens is 264 g/mol. The van der Waals surface area contributed by atoms with Crippen LogP contribution in [0.15, 0.2) is 34.7 Å². The Bertz CT molecular complexity index is 597. The van der Waals surface area contributed by atoms with E-state index < -0.39 is 12.0 Å². The average Bonchev–Trinajstić information content (AvgIpc) is 2.94. The average molecular weight is 276 g/mol. The molecule has 0 atom stereocenters. The topological polar surface area (TPSA) is 117 Å². The van der Waals surface area contributed by atoms with E-state index in [2.05, 4.69) is 20.8 Å². The molecule has 0 saturated carbocycles. The van der Waals surface area contributed by atoms with Crippen molar-refractivity contribution in [1.29, 1.82) is 0 Å². The van der Waals surface area contributed by atoms with Gasteiger partial charge in [-0.2, -0.15) is 0 Å². The van der Waals surface area contributed by atoms with Crippen LogP contribution in [-0.4, -0.2) is 40.4 Å².